The van der Waals surface area contributed by atoms with Crippen LogP contribution in [-0.2, 0) is 16.1 Å². The van der Waals surface area contributed by atoms with E-state index in [1.54, 1.807) is 0 Å². The Kier molecular flexibility index (Phi) is 4.59. The summed E-state index contributed by atoms with van der Waals surface area (Å²) < 4.78 is 6.03. The molecule has 1 saturated heterocycles. The molecule has 1 amide bonds. The normalized spacial score (nSPS) is 33.1. The van der Waals surface area contributed by atoms with Gasteiger partial charge in [-0.3, -0.25) is 4.79 Å². The van der Waals surface area contributed by atoms with E-state index in [1.807, 2.05) is 23.1 Å². The van der Waals surface area contributed by atoms with Gasteiger partial charge < -0.3 is 15.4 Å². The summed E-state index contributed by atoms with van der Waals surface area (Å²) in [6.07, 6.45) is 5.75. The van der Waals surface area contributed by atoms with E-state index in [0.29, 0.717) is 24.3 Å². The van der Waals surface area contributed by atoms with E-state index in [9.17, 15) is 4.79 Å². The summed E-state index contributed by atoms with van der Waals surface area (Å²) in [5.74, 6) is 1.54. The average molecular weight is 328 g/mol. The maximum absolute atomic E-state index is 12.9. The minimum absolute atomic E-state index is 0.0885. The van der Waals surface area contributed by atoms with E-state index in [-0.39, 0.29) is 18.1 Å². The third kappa shape index (κ3) is 3.09. The first-order valence-electron chi connectivity index (χ1n) is 9.42. The highest BCUT2D eigenvalue weighted by Crippen LogP contribution is 2.48. The molecule has 2 bridgehead atoms. The van der Waals surface area contributed by atoms with Crippen LogP contribution >= 0.6 is 0 Å². The fraction of sp³-hybridized carbons (Fsp3) is 0.650. The minimum Gasteiger partial charge on any atom is -0.373 e. The van der Waals surface area contributed by atoms with E-state index < -0.39 is 0 Å². The van der Waals surface area contributed by atoms with Gasteiger partial charge >= 0.3 is 0 Å². The zero-order valence-electron chi connectivity index (χ0n) is 14.3. The average Bonchev–Trinajstić information content (AvgIpc) is 3.22. The molecule has 2 N–H and O–H groups in total. The summed E-state index contributed by atoms with van der Waals surface area (Å²) >= 11 is 0. The number of carbonyl (C=O) groups excluding carboxylic acids is 1. The number of benzene rings is 1. The van der Waals surface area contributed by atoms with Crippen molar-refractivity contribution in [1.29, 1.82) is 0 Å². The number of nitrogens with two attached hydrogens (primary N) is 1. The first-order valence-corrected chi connectivity index (χ1v) is 9.42. The lowest BCUT2D eigenvalue weighted by Crippen LogP contribution is -2.50. The number of rotatable bonds is 4. The molecule has 1 heterocycles. The van der Waals surface area contributed by atoms with Crippen LogP contribution in [0.2, 0.25) is 0 Å². The number of hydrogen-bond donors (Lipinski definition) is 1. The monoisotopic (exact) mass is 328 g/mol. The largest absolute Gasteiger partial charge is 0.373 e. The zero-order valence-corrected chi connectivity index (χ0v) is 14.3. The molecular formula is C20H28N2O2. The van der Waals surface area contributed by atoms with Crippen LogP contribution in [0.3, 0.4) is 0 Å². The van der Waals surface area contributed by atoms with Gasteiger partial charge in [-0.1, -0.05) is 30.3 Å². The molecule has 1 aromatic rings. The Balaban J connectivity index is 1.26. The summed E-state index contributed by atoms with van der Waals surface area (Å²) in [5, 5.41) is 0. The van der Waals surface area contributed by atoms with E-state index in [1.165, 1.54) is 24.8 Å². The molecule has 1 aliphatic heterocycles. The van der Waals surface area contributed by atoms with Crippen LogP contribution < -0.4 is 5.73 Å². The zero-order chi connectivity index (χ0) is 16.5. The van der Waals surface area contributed by atoms with Gasteiger partial charge in [0.15, 0.2) is 0 Å². The van der Waals surface area contributed by atoms with Crippen molar-refractivity contribution >= 4 is 5.91 Å². The fourth-order valence-electron chi connectivity index (χ4n) is 4.94. The molecule has 3 fully saturated rings. The quantitative estimate of drug-likeness (QED) is 0.924. The lowest BCUT2D eigenvalue weighted by molar-refractivity contribution is -0.140. The Morgan fingerprint density at radius 3 is 2.46 bits per heavy atom. The summed E-state index contributed by atoms with van der Waals surface area (Å²) in [5.41, 5.74) is 7.55. The predicted molar refractivity (Wildman–Crippen MR) is 93.1 cm³/mol. The van der Waals surface area contributed by atoms with Crippen LogP contribution in [-0.4, -0.2) is 36.0 Å². The van der Waals surface area contributed by atoms with Gasteiger partial charge in [0, 0.05) is 19.1 Å². The van der Waals surface area contributed by atoms with Crippen LogP contribution in [0.25, 0.3) is 0 Å². The molecule has 2 aliphatic carbocycles. The van der Waals surface area contributed by atoms with E-state index in [0.717, 1.165) is 25.9 Å². The van der Waals surface area contributed by atoms with E-state index in [4.69, 9.17) is 10.5 Å². The van der Waals surface area contributed by atoms with Crippen molar-refractivity contribution in [2.45, 2.75) is 50.9 Å². The van der Waals surface area contributed by atoms with Gasteiger partial charge in [0.05, 0.1) is 18.6 Å². The molecule has 2 saturated carbocycles. The maximum atomic E-state index is 12.9. The van der Waals surface area contributed by atoms with Gasteiger partial charge in [0.25, 0.3) is 0 Å². The Morgan fingerprint density at radius 1 is 1.08 bits per heavy atom. The number of hydrogen-bond acceptors (Lipinski definition) is 3. The molecule has 0 radical (unpaired) electrons. The summed E-state index contributed by atoms with van der Waals surface area (Å²) in [6.45, 7) is 2.30. The highest BCUT2D eigenvalue weighted by molar-refractivity contribution is 5.80. The Bertz CT molecular complexity index is 566. The van der Waals surface area contributed by atoms with Crippen LogP contribution in [0.4, 0.5) is 0 Å². The van der Waals surface area contributed by atoms with Gasteiger partial charge in [0.2, 0.25) is 5.91 Å². The van der Waals surface area contributed by atoms with Crippen molar-refractivity contribution < 1.29 is 9.53 Å². The topological polar surface area (TPSA) is 55.6 Å². The molecule has 4 rings (SSSR count). The van der Waals surface area contributed by atoms with Crippen molar-refractivity contribution in [2.24, 2.45) is 23.5 Å². The second kappa shape index (κ2) is 6.85. The number of piperidine rings is 1. The molecule has 4 nitrogen and oxygen atoms in total. The summed E-state index contributed by atoms with van der Waals surface area (Å²) in [6, 6.07) is 10.4. The van der Waals surface area contributed by atoms with Crippen LogP contribution in [0.1, 0.15) is 37.7 Å². The van der Waals surface area contributed by atoms with Gasteiger partial charge in [-0.2, -0.15) is 0 Å². The maximum Gasteiger partial charge on any atom is 0.227 e. The SMILES string of the molecule is NC1C2CCC(C2)C1C(=O)N1CCC(OCc2ccccc2)CC1. The van der Waals surface area contributed by atoms with Crippen molar-refractivity contribution in [2.75, 3.05) is 13.1 Å². The van der Waals surface area contributed by atoms with Gasteiger partial charge in [0.1, 0.15) is 0 Å². The first-order chi connectivity index (χ1) is 11.7. The molecular weight excluding hydrogens is 300 g/mol. The van der Waals surface area contributed by atoms with E-state index in [2.05, 4.69) is 12.1 Å². The predicted octanol–water partition coefficient (Wildman–Crippen LogP) is 2.57. The van der Waals surface area contributed by atoms with Crippen molar-refractivity contribution in [3.8, 4) is 0 Å². The molecule has 1 aromatic carbocycles. The number of likely N-dealkylation sites (tertiary alicyclic amines) is 1. The molecule has 24 heavy (non-hydrogen) atoms. The van der Waals surface area contributed by atoms with Crippen LogP contribution in [0.15, 0.2) is 30.3 Å². The first kappa shape index (κ1) is 16.1. The minimum atomic E-state index is 0.0885. The molecule has 4 unspecified atom stereocenters. The smallest absolute Gasteiger partial charge is 0.227 e. The van der Waals surface area contributed by atoms with Crippen molar-refractivity contribution in [3.63, 3.8) is 0 Å². The molecule has 4 atom stereocenters. The Labute approximate surface area is 144 Å². The van der Waals surface area contributed by atoms with Crippen LogP contribution in [0, 0.1) is 17.8 Å². The van der Waals surface area contributed by atoms with Crippen molar-refractivity contribution in [1.82, 2.24) is 4.90 Å². The second-order valence-corrected chi connectivity index (χ2v) is 7.76. The van der Waals surface area contributed by atoms with Crippen LogP contribution in [0.5, 0.6) is 0 Å². The molecule has 3 aliphatic rings. The number of amides is 1. The van der Waals surface area contributed by atoms with Crippen molar-refractivity contribution in [3.05, 3.63) is 35.9 Å². The third-order valence-electron chi connectivity index (χ3n) is 6.35. The molecule has 130 valence electrons. The number of carbonyl (C=O) groups is 1. The van der Waals surface area contributed by atoms with Gasteiger partial charge in [-0.25, -0.2) is 0 Å². The summed E-state index contributed by atoms with van der Waals surface area (Å²) in [4.78, 5) is 14.9. The number of nitrogens with zero attached hydrogens (tertiary/aromatic N) is 1. The summed E-state index contributed by atoms with van der Waals surface area (Å²) in [7, 11) is 0. The third-order valence-corrected chi connectivity index (χ3v) is 6.35. The Morgan fingerprint density at radius 2 is 1.79 bits per heavy atom. The number of fused-ring (bicyclic) bond motifs is 2. The highest BCUT2D eigenvalue weighted by Gasteiger charge is 2.50. The highest BCUT2D eigenvalue weighted by atomic mass is 16.5. The van der Waals surface area contributed by atoms with E-state index >= 15 is 0 Å². The lowest BCUT2D eigenvalue weighted by Gasteiger charge is -2.37. The second-order valence-electron chi connectivity index (χ2n) is 7.76. The Hall–Kier alpha value is -1.39. The standard InChI is InChI=1S/C20H28N2O2/c21-19-16-7-6-15(12-16)18(19)20(23)22-10-8-17(9-11-22)24-13-14-4-2-1-3-5-14/h1-5,15-19H,6-13,21H2. The lowest BCUT2D eigenvalue weighted by atomic mass is 9.83. The number of ether oxygens (including phenoxy) is 1. The van der Waals surface area contributed by atoms with Gasteiger partial charge in [-0.05, 0) is 49.5 Å². The molecule has 0 spiro atoms. The molecule has 4 heteroatoms. The fourth-order valence-corrected chi connectivity index (χ4v) is 4.94. The van der Waals surface area contributed by atoms with Gasteiger partial charge in [-0.15, -0.1) is 0 Å². The molecule has 0 aromatic heterocycles.